The molecule has 0 aliphatic heterocycles. The summed E-state index contributed by atoms with van der Waals surface area (Å²) in [5.74, 6) is -0.118. The molecule has 1 aromatic heterocycles. The summed E-state index contributed by atoms with van der Waals surface area (Å²) in [5.41, 5.74) is 5.77. The van der Waals surface area contributed by atoms with Crippen LogP contribution in [0.25, 0.3) is 0 Å². The smallest absolute Gasteiger partial charge is 0.307 e. The molecule has 1 N–H and O–H groups in total. The zero-order valence-corrected chi connectivity index (χ0v) is 10.3. The molecule has 0 fully saturated rings. The summed E-state index contributed by atoms with van der Waals surface area (Å²) in [5, 5.41) is 3.88. The Labute approximate surface area is 105 Å². The van der Waals surface area contributed by atoms with Gasteiger partial charge in [-0.15, -0.1) is 0 Å². The predicted molar refractivity (Wildman–Crippen MR) is 69.7 cm³/mol. The van der Waals surface area contributed by atoms with Crippen molar-refractivity contribution >= 4 is 12.1 Å². The summed E-state index contributed by atoms with van der Waals surface area (Å²) >= 11 is 0. The molecule has 2 aromatic rings. The molecule has 0 unspecified atom stereocenters. The highest BCUT2D eigenvalue weighted by atomic mass is 16.3. The number of furan rings is 1. The molecule has 0 radical (unpaired) electrons. The highest BCUT2D eigenvalue weighted by Gasteiger charge is 2.05. The minimum atomic E-state index is -0.361. The number of benzene rings is 1. The fraction of sp³-hybridized carbons (Fsp3) is 0.143. The molecule has 0 saturated carbocycles. The Bertz CT molecular complexity index is 571. The van der Waals surface area contributed by atoms with E-state index in [4.69, 9.17) is 4.42 Å². The molecule has 0 aliphatic carbocycles. The van der Waals surface area contributed by atoms with Gasteiger partial charge in [0.05, 0.1) is 12.5 Å². The Morgan fingerprint density at radius 2 is 2.11 bits per heavy atom. The monoisotopic (exact) mass is 242 g/mol. The first-order valence-electron chi connectivity index (χ1n) is 5.61. The molecule has 1 aromatic carbocycles. The third kappa shape index (κ3) is 2.85. The highest BCUT2D eigenvalue weighted by molar-refractivity contribution is 5.92. The first kappa shape index (κ1) is 12.1. The number of aryl methyl sites for hydroxylation is 2. The molecule has 0 bridgehead atoms. The highest BCUT2D eigenvalue weighted by Crippen LogP contribution is 2.07. The van der Waals surface area contributed by atoms with Crippen molar-refractivity contribution in [2.45, 2.75) is 13.8 Å². The minimum absolute atomic E-state index is 0.243. The molecule has 0 saturated heterocycles. The van der Waals surface area contributed by atoms with Crippen LogP contribution in [0, 0.1) is 13.8 Å². The maximum absolute atomic E-state index is 11.5. The van der Waals surface area contributed by atoms with Gasteiger partial charge in [0.2, 0.25) is 0 Å². The lowest BCUT2D eigenvalue weighted by Crippen LogP contribution is -2.16. The predicted octanol–water partition coefficient (Wildman–Crippen LogP) is 2.66. The van der Waals surface area contributed by atoms with E-state index in [1.165, 1.54) is 17.4 Å². The lowest BCUT2D eigenvalue weighted by molar-refractivity contribution is 0.0927. The number of amides is 1. The SMILES string of the molecule is Cc1ccc(/C=N/NC(=O)c2ccco2)cc1C. The largest absolute Gasteiger partial charge is 0.459 e. The van der Waals surface area contributed by atoms with Crippen LogP contribution in [0.15, 0.2) is 46.1 Å². The van der Waals surface area contributed by atoms with Crippen LogP contribution in [-0.4, -0.2) is 12.1 Å². The molecule has 4 heteroatoms. The van der Waals surface area contributed by atoms with Crippen molar-refractivity contribution in [2.24, 2.45) is 5.10 Å². The van der Waals surface area contributed by atoms with Gasteiger partial charge in [0, 0.05) is 0 Å². The van der Waals surface area contributed by atoms with Gasteiger partial charge in [-0.1, -0.05) is 18.2 Å². The van der Waals surface area contributed by atoms with Crippen LogP contribution in [-0.2, 0) is 0 Å². The first-order valence-corrected chi connectivity index (χ1v) is 5.61. The molecule has 18 heavy (non-hydrogen) atoms. The van der Waals surface area contributed by atoms with Crippen molar-refractivity contribution in [3.63, 3.8) is 0 Å². The average Bonchev–Trinajstić information content (AvgIpc) is 2.87. The molecule has 0 aliphatic rings. The molecular formula is C14H14N2O2. The van der Waals surface area contributed by atoms with Gasteiger partial charge in [0.25, 0.3) is 0 Å². The summed E-state index contributed by atoms with van der Waals surface area (Å²) in [6.45, 7) is 4.09. The average molecular weight is 242 g/mol. The summed E-state index contributed by atoms with van der Waals surface area (Å²) in [4.78, 5) is 11.5. The summed E-state index contributed by atoms with van der Waals surface area (Å²) in [6.07, 6.45) is 3.05. The van der Waals surface area contributed by atoms with E-state index >= 15 is 0 Å². The molecule has 92 valence electrons. The lowest BCUT2D eigenvalue weighted by Gasteiger charge is -2.00. The molecule has 4 nitrogen and oxygen atoms in total. The van der Waals surface area contributed by atoms with Crippen LogP contribution in [0.3, 0.4) is 0 Å². The zero-order valence-electron chi connectivity index (χ0n) is 10.3. The van der Waals surface area contributed by atoms with E-state index in [-0.39, 0.29) is 11.7 Å². The van der Waals surface area contributed by atoms with E-state index in [0.29, 0.717) is 0 Å². The van der Waals surface area contributed by atoms with E-state index in [0.717, 1.165) is 5.56 Å². The second-order valence-electron chi connectivity index (χ2n) is 4.02. The Kier molecular flexibility index (Phi) is 3.57. The second-order valence-corrected chi connectivity index (χ2v) is 4.02. The number of carbonyl (C=O) groups excluding carboxylic acids is 1. The van der Waals surface area contributed by atoms with Crippen molar-refractivity contribution in [1.29, 1.82) is 0 Å². The topological polar surface area (TPSA) is 54.6 Å². The van der Waals surface area contributed by atoms with Crippen LogP contribution in [0.1, 0.15) is 27.2 Å². The number of carbonyl (C=O) groups is 1. The van der Waals surface area contributed by atoms with Gasteiger partial charge in [-0.25, -0.2) is 5.43 Å². The van der Waals surface area contributed by atoms with Gasteiger partial charge in [-0.2, -0.15) is 5.10 Å². The van der Waals surface area contributed by atoms with Gasteiger partial charge in [-0.05, 0) is 42.7 Å². The first-order chi connectivity index (χ1) is 8.66. The van der Waals surface area contributed by atoms with E-state index in [9.17, 15) is 4.79 Å². The third-order valence-corrected chi connectivity index (χ3v) is 2.66. The van der Waals surface area contributed by atoms with E-state index < -0.39 is 0 Å². The summed E-state index contributed by atoms with van der Waals surface area (Å²) < 4.78 is 4.95. The van der Waals surface area contributed by atoms with Crippen LogP contribution in [0.2, 0.25) is 0 Å². The number of rotatable bonds is 3. The second kappa shape index (κ2) is 5.31. The number of hydrogen-bond donors (Lipinski definition) is 1. The van der Waals surface area contributed by atoms with Crippen LogP contribution >= 0.6 is 0 Å². The van der Waals surface area contributed by atoms with E-state index in [1.807, 2.05) is 25.1 Å². The molecule has 0 atom stereocenters. The molecule has 0 spiro atoms. The molecule has 1 heterocycles. The maximum atomic E-state index is 11.5. The third-order valence-electron chi connectivity index (χ3n) is 2.66. The fourth-order valence-electron chi connectivity index (χ4n) is 1.47. The number of hydrazone groups is 1. The quantitative estimate of drug-likeness (QED) is 0.664. The maximum Gasteiger partial charge on any atom is 0.307 e. The van der Waals surface area contributed by atoms with Crippen molar-refractivity contribution in [2.75, 3.05) is 0 Å². The van der Waals surface area contributed by atoms with E-state index in [1.54, 1.807) is 18.3 Å². The minimum Gasteiger partial charge on any atom is -0.459 e. The number of nitrogens with zero attached hydrogens (tertiary/aromatic N) is 1. The lowest BCUT2D eigenvalue weighted by atomic mass is 10.1. The van der Waals surface area contributed by atoms with Gasteiger partial charge >= 0.3 is 5.91 Å². The van der Waals surface area contributed by atoms with Gasteiger partial charge in [-0.3, -0.25) is 4.79 Å². The van der Waals surface area contributed by atoms with Gasteiger partial charge in [0.1, 0.15) is 0 Å². The van der Waals surface area contributed by atoms with Crippen molar-refractivity contribution < 1.29 is 9.21 Å². The van der Waals surface area contributed by atoms with Crippen molar-refractivity contribution in [1.82, 2.24) is 5.43 Å². The molecule has 2 rings (SSSR count). The summed E-state index contributed by atoms with van der Waals surface area (Å²) in [7, 11) is 0. The Morgan fingerprint density at radius 1 is 1.28 bits per heavy atom. The van der Waals surface area contributed by atoms with Gasteiger partial charge < -0.3 is 4.42 Å². The van der Waals surface area contributed by atoms with Gasteiger partial charge in [0.15, 0.2) is 5.76 Å². The van der Waals surface area contributed by atoms with Crippen LogP contribution in [0.4, 0.5) is 0 Å². The van der Waals surface area contributed by atoms with Crippen LogP contribution < -0.4 is 5.43 Å². The Balaban J connectivity index is 1.99. The normalized spacial score (nSPS) is 10.8. The molecular weight excluding hydrogens is 228 g/mol. The summed E-state index contributed by atoms with van der Waals surface area (Å²) in [6, 6.07) is 9.22. The van der Waals surface area contributed by atoms with Crippen LogP contribution in [0.5, 0.6) is 0 Å². The van der Waals surface area contributed by atoms with Crippen molar-refractivity contribution in [3.8, 4) is 0 Å². The van der Waals surface area contributed by atoms with Crippen molar-refractivity contribution in [3.05, 3.63) is 59.0 Å². The molecule has 1 amide bonds. The number of hydrogen-bond acceptors (Lipinski definition) is 3. The Morgan fingerprint density at radius 3 is 2.78 bits per heavy atom. The van der Waals surface area contributed by atoms with E-state index in [2.05, 4.69) is 17.5 Å². The Hall–Kier alpha value is -2.36. The fourth-order valence-corrected chi connectivity index (χ4v) is 1.47. The zero-order chi connectivity index (χ0) is 13.0. The standard InChI is InChI=1S/C14H14N2O2/c1-10-5-6-12(8-11(10)2)9-15-16-14(17)13-4-3-7-18-13/h3-9H,1-2H3,(H,16,17)/b15-9+. The number of nitrogens with one attached hydrogen (secondary N) is 1.